The zero-order valence-electron chi connectivity index (χ0n) is 12.5. The molecule has 0 aromatic heterocycles. The van der Waals surface area contributed by atoms with E-state index in [-0.39, 0.29) is 18.4 Å². The summed E-state index contributed by atoms with van der Waals surface area (Å²) in [5.41, 5.74) is 0.877. The van der Waals surface area contributed by atoms with Crippen molar-refractivity contribution in [3.63, 3.8) is 0 Å². The number of hydrogen-bond acceptors (Lipinski definition) is 3. The molecular formula is C16H22N2O3. The number of hydrogen-bond donors (Lipinski definition) is 1. The van der Waals surface area contributed by atoms with Crippen LogP contribution in [0.2, 0.25) is 0 Å². The standard InChI is InChI=1S/C10H11NO.C6H11NO2/c1-3-10(12)11(2)9-7-5-4-6-8-9;1-3-6(9)7(2)4-5-8/h3-8H,1H2,2H3;3,8H,1,4-5H2,2H3. The van der Waals surface area contributed by atoms with E-state index in [0.717, 1.165) is 5.69 Å². The molecule has 0 spiro atoms. The number of benzene rings is 1. The summed E-state index contributed by atoms with van der Waals surface area (Å²) in [5, 5.41) is 8.35. The molecule has 2 amide bonds. The maximum Gasteiger partial charge on any atom is 0.250 e. The fraction of sp³-hybridized carbons (Fsp3) is 0.250. The Bertz CT molecular complexity index is 472. The van der Waals surface area contributed by atoms with E-state index in [1.807, 2.05) is 30.3 Å². The number of nitrogens with zero attached hydrogens (tertiary/aromatic N) is 2. The normalized spacial score (nSPS) is 8.90. The highest BCUT2D eigenvalue weighted by Crippen LogP contribution is 2.10. The third kappa shape index (κ3) is 7.08. The van der Waals surface area contributed by atoms with Gasteiger partial charge >= 0.3 is 0 Å². The van der Waals surface area contributed by atoms with Crippen molar-refractivity contribution in [1.29, 1.82) is 0 Å². The highest BCUT2D eigenvalue weighted by atomic mass is 16.3. The number of para-hydroxylation sites is 1. The summed E-state index contributed by atoms with van der Waals surface area (Å²) >= 11 is 0. The molecule has 0 aliphatic carbocycles. The number of aliphatic hydroxyl groups is 1. The topological polar surface area (TPSA) is 60.9 Å². The lowest BCUT2D eigenvalue weighted by Crippen LogP contribution is -2.27. The number of rotatable bonds is 5. The molecule has 0 fully saturated rings. The second kappa shape index (κ2) is 10.4. The summed E-state index contributed by atoms with van der Waals surface area (Å²) in [7, 11) is 3.33. The minimum Gasteiger partial charge on any atom is -0.395 e. The summed E-state index contributed by atoms with van der Waals surface area (Å²) < 4.78 is 0. The third-order valence-corrected chi connectivity index (χ3v) is 2.63. The first-order chi connectivity index (χ1) is 9.97. The lowest BCUT2D eigenvalue weighted by Gasteiger charge is -2.14. The Labute approximate surface area is 125 Å². The number of carbonyl (C=O) groups is 2. The maximum atomic E-state index is 11.1. The van der Waals surface area contributed by atoms with Crippen molar-refractivity contribution in [3.05, 3.63) is 55.6 Å². The molecule has 21 heavy (non-hydrogen) atoms. The van der Waals surface area contributed by atoms with E-state index in [1.54, 1.807) is 19.0 Å². The van der Waals surface area contributed by atoms with Crippen molar-refractivity contribution in [2.75, 3.05) is 32.1 Å². The van der Waals surface area contributed by atoms with Gasteiger partial charge in [0.1, 0.15) is 0 Å². The van der Waals surface area contributed by atoms with Crippen LogP contribution in [0.4, 0.5) is 5.69 Å². The lowest BCUT2D eigenvalue weighted by molar-refractivity contribution is -0.125. The minimum atomic E-state index is -0.163. The molecule has 1 aromatic rings. The smallest absolute Gasteiger partial charge is 0.250 e. The van der Waals surface area contributed by atoms with Gasteiger partial charge in [-0.05, 0) is 24.3 Å². The molecule has 0 aliphatic rings. The molecule has 1 N–H and O–H groups in total. The molecule has 0 heterocycles. The Morgan fingerprint density at radius 3 is 2.05 bits per heavy atom. The Morgan fingerprint density at radius 1 is 1.10 bits per heavy atom. The van der Waals surface area contributed by atoms with Gasteiger partial charge in [0.2, 0.25) is 11.8 Å². The summed E-state index contributed by atoms with van der Waals surface area (Å²) in [6.45, 7) is 7.07. The number of likely N-dealkylation sites (N-methyl/N-ethyl adjacent to an activating group) is 2. The van der Waals surface area contributed by atoms with Gasteiger partial charge in [-0.3, -0.25) is 9.59 Å². The maximum absolute atomic E-state index is 11.1. The molecule has 0 radical (unpaired) electrons. The van der Waals surface area contributed by atoms with Crippen LogP contribution in [0.25, 0.3) is 0 Å². The molecule has 0 bridgehead atoms. The largest absolute Gasteiger partial charge is 0.395 e. The van der Waals surface area contributed by atoms with Gasteiger partial charge < -0.3 is 14.9 Å². The predicted molar refractivity (Wildman–Crippen MR) is 85.0 cm³/mol. The third-order valence-electron chi connectivity index (χ3n) is 2.63. The average molecular weight is 290 g/mol. The van der Waals surface area contributed by atoms with Crippen molar-refractivity contribution in [2.45, 2.75) is 0 Å². The van der Waals surface area contributed by atoms with E-state index in [2.05, 4.69) is 13.2 Å². The van der Waals surface area contributed by atoms with Crippen LogP contribution < -0.4 is 4.90 Å². The van der Waals surface area contributed by atoms with Crippen molar-refractivity contribution in [1.82, 2.24) is 4.90 Å². The molecular weight excluding hydrogens is 268 g/mol. The Morgan fingerprint density at radius 2 is 1.62 bits per heavy atom. The number of carbonyl (C=O) groups excluding carboxylic acids is 2. The monoisotopic (exact) mass is 290 g/mol. The first-order valence-electron chi connectivity index (χ1n) is 6.41. The average Bonchev–Trinajstić information content (AvgIpc) is 2.54. The number of anilines is 1. The van der Waals surface area contributed by atoms with E-state index >= 15 is 0 Å². The Balaban J connectivity index is 0.000000400. The highest BCUT2D eigenvalue weighted by molar-refractivity contribution is 6.00. The molecule has 5 nitrogen and oxygen atoms in total. The van der Waals surface area contributed by atoms with E-state index in [4.69, 9.17) is 5.11 Å². The van der Waals surface area contributed by atoms with E-state index in [9.17, 15) is 9.59 Å². The van der Waals surface area contributed by atoms with Gasteiger partial charge in [-0.15, -0.1) is 0 Å². The first kappa shape index (κ1) is 18.6. The van der Waals surface area contributed by atoms with Crippen LogP contribution in [0, 0.1) is 0 Å². The molecule has 0 saturated heterocycles. The Kier molecular flexibility index (Phi) is 9.21. The molecule has 0 saturated carbocycles. The number of amides is 2. The zero-order chi connectivity index (χ0) is 16.3. The van der Waals surface area contributed by atoms with E-state index in [0.29, 0.717) is 6.54 Å². The molecule has 0 aliphatic heterocycles. The minimum absolute atomic E-state index is 0.00389. The lowest BCUT2D eigenvalue weighted by atomic mass is 10.3. The van der Waals surface area contributed by atoms with Crippen molar-refractivity contribution >= 4 is 17.5 Å². The van der Waals surface area contributed by atoms with Crippen molar-refractivity contribution < 1.29 is 14.7 Å². The SMILES string of the molecule is C=CC(=O)N(C)CCO.C=CC(=O)N(C)c1ccccc1. The fourth-order valence-electron chi connectivity index (χ4n) is 1.33. The van der Waals surface area contributed by atoms with Crippen LogP contribution in [0.5, 0.6) is 0 Å². The van der Waals surface area contributed by atoms with Gasteiger partial charge in [-0.2, -0.15) is 0 Å². The molecule has 114 valence electrons. The first-order valence-corrected chi connectivity index (χ1v) is 6.41. The van der Waals surface area contributed by atoms with Crippen molar-refractivity contribution in [2.24, 2.45) is 0 Å². The van der Waals surface area contributed by atoms with Crippen LogP contribution in [0.3, 0.4) is 0 Å². The molecule has 1 aromatic carbocycles. The van der Waals surface area contributed by atoms with Gasteiger partial charge in [0.15, 0.2) is 0 Å². The summed E-state index contributed by atoms with van der Waals surface area (Å²) in [6.07, 6.45) is 2.52. The van der Waals surface area contributed by atoms with Gasteiger partial charge in [-0.1, -0.05) is 31.4 Å². The van der Waals surface area contributed by atoms with Crippen LogP contribution in [-0.4, -0.2) is 49.1 Å². The Hall–Kier alpha value is -2.40. The molecule has 0 atom stereocenters. The molecule has 5 heteroatoms. The second-order valence-corrected chi connectivity index (χ2v) is 4.12. The van der Waals surface area contributed by atoms with Crippen LogP contribution in [-0.2, 0) is 9.59 Å². The molecule has 1 rings (SSSR count). The summed E-state index contributed by atoms with van der Waals surface area (Å²) in [5.74, 6) is -0.259. The number of aliphatic hydroxyl groups excluding tert-OH is 1. The summed E-state index contributed by atoms with van der Waals surface area (Å²) in [6, 6.07) is 9.45. The van der Waals surface area contributed by atoms with Crippen molar-refractivity contribution in [3.8, 4) is 0 Å². The van der Waals surface area contributed by atoms with Crippen LogP contribution in [0.15, 0.2) is 55.6 Å². The zero-order valence-corrected chi connectivity index (χ0v) is 12.5. The van der Waals surface area contributed by atoms with Gasteiger partial charge in [-0.25, -0.2) is 0 Å². The van der Waals surface area contributed by atoms with Crippen LogP contribution >= 0.6 is 0 Å². The second-order valence-electron chi connectivity index (χ2n) is 4.12. The van der Waals surface area contributed by atoms with Gasteiger partial charge in [0.05, 0.1) is 6.61 Å². The quantitative estimate of drug-likeness (QED) is 0.835. The fourth-order valence-corrected chi connectivity index (χ4v) is 1.33. The predicted octanol–water partition coefficient (Wildman–Crippen LogP) is 1.46. The highest BCUT2D eigenvalue weighted by Gasteiger charge is 2.04. The van der Waals surface area contributed by atoms with Crippen LogP contribution in [0.1, 0.15) is 0 Å². The molecule has 0 unspecified atom stereocenters. The summed E-state index contributed by atoms with van der Waals surface area (Å²) in [4.78, 5) is 24.7. The van der Waals surface area contributed by atoms with E-state index in [1.165, 1.54) is 17.1 Å². The van der Waals surface area contributed by atoms with Gasteiger partial charge in [0, 0.05) is 26.3 Å². The van der Waals surface area contributed by atoms with E-state index < -0.39 is 0 Å². The van der Waals surface area contributed by atoms with Gasteiger partial charge in [0.25, 0.3) is 0 Å².